The zero-order valence-electron chi connectivity index (χ0n) is 16.2. The molecule has 0 bridgehead atoms. The summed E-state index contributed by atoms with van der Waals surface area (Å²) < 4.78 is 5.61. The monoisotopic (exact) mass is 366 g/mol. The van der Waals surface area contributed by atoms with E-state index in [0.717, 1.165) is 43.8 Å². The summed E-state index contributed by atoms with van der Waals surface area (Å²) in [5.41, 5.74) is 2.35. The molecule has 1 N–H and O–H groups in total. The van der Waals surface area contributed by atoms with Crippen LogP contribution in [0.3, 0.4) is 0 Å². The van der Waals surface area contributed by atoms with Crippen molar-refractivity contribution in [1.29, 1.82) is 0 Å². The van der Waals surface area contributed by atoms with Crippen molar-refractivity contribution < 1.29 is 9.53 Å². The lowest BCUT2D eigenvalue weighted by Crippen LogP contribution is -2.39. The minimum Gasteiger partial charge on any atom is -0.492 e. The Hall–Kier alpha value is -2.49. The van der Waals surface area contributed by atoms with Gasteiger partial charge < -0.3 is 15.0 Å². The third-order valence-electron chi connectivity index (χ3n) is 5.18. The van der Waals surface area contributed by atoms with Gasteiger partial charge in [0.2, 0.25) is 5.91 Å². The summed E-state index contributed by atoms with van der Waals surface area (Å²) in [6.45, 7) is 5.00. The standard InChI is InChI=1S/C23H30N2O2/c1-2-27-22-11-7-6-10-21(22)24-15-12-23(26)25-16-13-20(14-17-25)18-19-8-4-3-5-9-19/h3-11,20,24H,2,12-18H2,1H3. The maximum atomic E-state index is 12.5. The number of hydrogen-bond donors (Lipinski definition) is 1. The Morgan fingerprint density at radius 2 is 1.78 bits per heavy atom. The van der Waals surface area contributed by atoms with Crippen LogP contribution in [0.5, 0.6) is 5.75 Å². The topological polar surface area (TPSA) is 41.6 Å². The van der Waals surface area contributed by atoms with Gasteiger partial charge in [0.25, 0.3) is 0 Å². The zero-order chi connectivity index (χ0) is 18.9. The Morgan fingerprint density at radius 1 is 1.07 bits per heavy atom. The highest BCUT2D eigenvalue weighted by Crippen LogP contribution is 2.24. The summed E-state index contributed by atoms with van der Waals surface area (Å²) in [7, 11) is 0. The highest BCUT2D eigenvalue weighted by molar-refractivity contribution is 5.77. The first-order valence-electron chi connectivity index (χ1n) is 10.0. The van der Waals surface area contributed by atoms with Crippen LogP contribution in [0.2, 0.25) is 0 Å². The molecule has 1 heterocycles. The molecule has 4 nitrogen and oxygen atoms in total. The van der Waals surface area contributed by atoms with E-state index in [1.54, 1.807) is 0 Å². The maximum Gasteiger partial charge on any atom is 0.224 e. The number of anilines is 1. The minimum absolute atomic E-state index is 0.245. The molecule has 1 fully saturated rings. The molecule has 27 heavy (non-hydrogen) atoms. The maximum absolute atomic E-state index is 12.5. The summed E-state index contributed by atoms with van der Waals surface area (Å²) >= 11 is 0. The molecule has 2 aromatic rings. The summed E-state index contributed by atoms with van der Waals surface area (Å²) in [5.74, 6) is 1.77. The number of carbonyl (C=O) groups is 1. The van der Waals surface area contributed by atoms with E-state index in [2.05, 4.69) is 35.6 Å². The Kier molecular flexibility index (Phi) is 7.14. The van der Waals surface area contributed by atoms with Crippen LogP contribution in [0.15, 0.2) is 54.6 Å². The van der Waals surface area contributed by atoms with Gasteiger partial charge in [-0.2, -0.15) is 0 Å². The van der Waals surface area contributed by atoms with Crippen LogP contribution in [-0.2, 0) is 11.2 Å². The number of benzene rings is 2. The molecule has 0 aromatic heterocycles. The van der Waals surface area contributed by atoms with Gasteiger partial charge in [0.15, 0.2) is 0 Å². The van der Waals surface area contributed by atoms with Crippen LogP contribution in [0.4, 0.5) is 5.69 Å². The van der Waals surface area contributed by atoms with E-state index in [-0.39, 0.29) is 5.91 Å². The molecular weight excluding hydrogens is 336 g/mol. The fraction of sp³-hybridized carbons (Fsp3) is 0.435. The number of ether oxygens (including phenoxy) is 1. The second-order valence-electron chi connectivity index (χ2n) is 7.12. The smallest absolute Gasteiger partial charge is 0.224 e. The van der Waals surface area contributed by atoms with Gasteiger partial charge in [0.05, 0.1) is 12.3 Å². The first-order valence-corrected chi connectivity index (χ1v) is 10.0. The lowest BCUT2D eigenvalue weighted by molar-refractivity contribution is -0.132. The summed E-state index contributed by atoms with van der Waals surface area (Å²) in [5, 5.41) is 3.34. The average molecular weight is 367 g/mol. The van der Waals surface area contributed by atoms with Crippen LogP contribution >= 0.6 is 0 Å². The molecule has 0 spiro atoms. The molecule has 1 aliphatic rings. The summed E-state index contributed by atoms with van der Waals surface area (Å²) in [4.78, 5) is 14.5. The predicted molar refractivity (Wildman–Crippen MR) is 110 cm³/mol. The van der Waals surface area contributed by atoms with Gasteiger partial charge in [-0.15, -0.1) is 0 Å². The van der Waals surface area contributed by atoms with Gasteiger partial charge in [-0.25, -0.2) is 0 Å². The normalized spacial score (nSPS) is 14.8. The molecule has 144 valence electrons. The van der Waals surface area contributed by atoms with Crippen molar-refractivity contribution in [3.05, 3.63) is 60.2 Å². The Balaban J connectivity index is 1.40. The number of amides is 1. The fourth-order valence-corrected chi connectivity index (χ4v) is 3.69. The average Bonchev–Trinajstić information content (AvgIpc) is 2.71. The SMILES string of the molecule is CCOc1ccccc1NCCC(=O)N1CCC(Cc2ccccc2)CC1. The number of rotatable bonds is 8. The number of nitrogens with zero attached hydrogens (tertiary/aromatic N) is 1. The molecule has 0 saturated carbocycles. The molecule has 0 aliphatic carbocycles. The largest absolute Gasteiger partial charge is 0.492 e. The van der Waals surface area contributed by atoms with Gasteiger partial charge in [0, 0.05) is 26.1 Å². The van der Waals surface area contributed by atoms with E-state index >= 15 is 0 Å². The van der Waals surface area contributed by atoms with Crippen LogP contribution in [0, 0.1) is 5.92 Å². The van der Waals surface area contributed by atoms with Crippen LogP contribution in [-0.4, -0.2) is 37.0 Å². The highest BCUT2D eigenvalue weighted by Gasteiger charge is 2.22. The van der Waals surface area contributed by atoms with Crippen molar-refractivity contribution in [2.75, 3.05) is 31.6 Å². The number of hydrogen-bond acceptors (Lipinski definition) is 3. The number of nitrogens with one attached hydrogen (secondary N) is 1. The fourth-order valence-electron chi connectivity index (χ4n) is 3.69. The molecule has 1 aliphatic heterocycles. The molecular formula is C23H30N2O2. The molecule has 3 rings (SSSR count). The van der Waals surface area contributed by atoms with E-state index in [1.165, 1.54) is 5.56 Å². The first kappa shape index (κ1) is 19.3. The Bertz CT molecular complexity index is 709. The predicted octanol–water partition coefficient (Wildman–Crippen LogP) is 4.37. The van der Waals surface area contributed by atoms with Gasteiger partial charge in [0.1, 0.15) is 5.75 Å². The lowest BCUT2D eigenvalue weighted by Gasteiger charge is -2.32. The first-order chi connectivity index (χ1) is 13.3. The van der Waals surface area contributed by atoms with E-state index in [4.69, 9.17) is 4.74 Å². The molecule has 2 aromatic carbocycles. The molecule has 1 amide bonds. The van der Waals surface area contributed by atoms with Crippen LogP contribution in [0.25, 0.3) is 0 Å². The molecule has 4 heteroatoms. The second-order valence-corrected chi connectivity index (χ2v) is 7.12. The zero-order valence-corrected chi connectivity index (χ0v) is 16.2. The Labute approximate surface area is 162 Å². The Morgan fingerprint density at radius 3 is 2.52 bits per heavy atom. The number of para-hydroxylation sites is 2. The summed E-state index contributed by atoms with van der Waals surface area (Å²) in [6, 6.07) is 18.5. The second kappa shape index (κ2) is 10.0. The van der Waals surface area contributed by atoms with Crippen molar-refractivity contribution in [2.24, 2.45) is 5.92 Å². The lowest BCUT2D eigenvalue weighted by atomic mass is 9.90. The highest BCUT2D eigenvalue weighted by atomic mass is 16.5. The van der Waals surface area contributed by atoms with Crippen LogP contribution in [0.1, 0.15) is 31.7 Å². The quantitative estimate of drug-likeness (QED) is 0.754. The third-order valence-corrected chi connectivity index (χ3v) is 5.18. The van der Waals surface area contributed by atoms with Crippen molar-refractivity contribution in [1.82, 2.24) is 4.90 Å². The van der Waals surface area contributed by atoms with E-state index < -0.39 is 0 Å². The van der Waals surface area contributed by atoms with Gasteiger partial charge >= 0.3 is 0 Å². The van der Waals surface area contributed by atoms with Crippen molar-refractivity contribution >= 4 is 11.6 Å². The van der Waals surface area contributed by atoms with Crippen LogP contribution < -0.4 is 10.1 Å². The number of likely N-dealkylation sites (tertiary alicyclic amines) is 1. The number of piperidine rings is 1. The molecule has 1 saturated heterocycles. The third kappa shape index (κ3) is 5.75. The van der Waals surface area contributed by atoms with Gasteiger partial charge in [-0.05, 0) is 49.8 Å². The molecule has 0 unspecified atom stereocenters. The van der Waals surface area contributed by atoms with Gasteiger partial charge in [-0.1, -0.05) is 42.5 Å². The van der Waals surface area contributed by atoms with Crippen molar-refractivity contribution in [3.8, 4) is 5.75 Å². The molecule has 0 radical (unpaired) electrons. The van der Waals surface area contributed by atoms with E-state index in [1.807, 2.05) is 36.1 Å². The number of carbonyl (C=O) groups excluding carboxylic acids is 1. The van der Waals surface area contributed by atoms with E-state index in [0.29, 0.717) is 25.5 Å². The van der Waals surface area contributed by atoms with Crippen molar-refractivity contribution in [2.45, 2.75) is 32.6 Å². The molecule has 0 atom stereocenters. The van der Waals surface area contributed by atoms with Gasteiger partial charge in [-0.3, -0.25) is 4.79 Å². The van der Waals surface area contributed by atoms with E-state index in [9.17, 15) is 4.79 Å². The van der Waals surface area contributed by atoms with Crippen molar-refractivity contribution in [3.63, 3.8) is 0 Å². The summed E-state index contributed by atoms with van der Waals surface area (Å²) in [6.07, 6.45) is 3.84. The minimum atomic E-state index is 0.245.